The Morgan fingerprint density at radius 2 is 1.61 bits per heavy atom. The van der Waals surface area contributed by atoms with Crippen LogP contribution in [-0.4, -0.2) is 50.5 Å². The average molecular weight is 582 g/mol. The molecular weight excluding hydrogens is 541 g/mol. The van der Waals surface area contributed by atoms with Crippen molar-refractivity contribution in [2.24, 2.45) is 0 Å². The number of carbonyl (C=O) groups excluding carboxylic acids is 2. The third-order valence-electron chi connectivity index (χ3n) is 6.81. The van der Waals surface area contributed by atoms with Gasteiger partial charge in [-0.15, -0.1) is 0 Å². The van der Waals surface area contributed by atoms with Crippen LogP contribution in [0.2, 0.25) is 0 Å². The molecule has 0 saturated heterocycles. The Bertz CT molecular complexity index is 1400. The molecule has 0 fully saturated rings. The molecule has 41 heavy (non-hydrogen) atoms. The summed E-state index contributed by atoms with van der Waals surface area (Å²) >= 11 is 0. The lowest BCUT2D eigenvalue weighted by Crippen LogP contribution is -2.50. The number of halogens is 1. The van der Waals surface area contributed by atoms with Gasteiger partial charge in [0.2, 0.25) is 21.8 Å². The standard InChI is InChI=1S/C32H40FN3O4S/c1-4-5-20-34-32(38)30(23-26-14-7-6-8-15-26)35(24-27-16-11-13-25(2)22-27)31(37)19-12-21-36(41(3,39)40)29-18-10-9-17-28(29)33/h6-11,13-18,22,30H,4-5,12,19-21,23-24H2,1-3H3,(H,34,38). The van der Waals surface area contributed by atoms with Gasteiger partial charge in [-0.3, -0.25) is 13.9 Å². The summed E-state index contributed by atoms with van der Waals surface area (Å²) in [5.74, 6) is -1.16. The monoisotopic (exact) mass is 581 g/mol. The Kier molecular flexibility index (Phi) is 11.9. The largest absolute Gasteiger partial charge is 0.354 e. The van der Waals surface area contributed by atoms with Gasteiger partial charge >= 0.3 is 0 Å². The molecule has 3 aromatic rings. The van der Waals surface area contributed by atoms with Crippen LogP contribution in [0, 0.1) is 12.7 Å². The SMILES string of the molecule is CCCCNC(=O)C(Cc1ccccc1)N(Cc1cccc(C)c1)C(=O)CCCN(c1ccccc1F)S(C)(=O)=O. The van der Waals surface area contributed by atoms with Gasteiger partial charge in [0, 0.05) is 32.5 Å². The first-order chi connectivity index (χ1) is 19.6. The summed E-state index contributed by atoms with van der Waals surface area (Å²) in [6.45, 7) is 4.68. The highest BCUT2D eigenvalue weighted by Gasteiger charge is 2.30. The van der Waals surface area contributed by atoms with Crippen LogP contribution in [0.4, 0.5) is 10.1 Å². The zero-order chi connectivity index (χ0) is 29.8. The molecule has 1 atom stereocenters. The smallest absolute Gasteiger partial charge is 0.243 e. The van der Waals surface area contributed by atoms with Crippen molar-refractivity contribution in [2.75, 3.05) is 23.7 Å². The van der Waals surface area contributed by atoms with Crippen LogP contribution < -0.4 is 9.62 Å². The zero-order valence-electron chi connectivity index (χ0n) is 24.1. The van der Waals surface area contributed by atoms with Crippen molar-refractivity contribution in [3.63, 3.8) is 0 Å². The maximum Gasteiger partial charge on any atom is 0.243 e. The van der Waals surface area contributed by atoms with Gasteiger partial charge in [0.15, 0.2) is 0 Å². The number of anilines is 1. The molecule has 3 rings (SSSR count). The van der Waals surface area contributed by atoms with Crippen LogP contribution >= 0.6 is 0 Å². The molecule has 3 aromatic carbocycles. The number of unbranched alkanes of at least 4 members (excludes halogenated alkanes) is 1. The molecule has 2 amide bonds. The van der Waals surface area contributed by atoms with E-state index in [9.17, 15) is 22.4 Å². The molecule has 0 bridgehead atoms. The summed E-state index contributed by atoms with van der Waals surface area (Å²) in [4.78, 5) is 29.0. The van der Waals surface area contributed by atoms with E-state index < -0.39 is 21.9 Å². The Morgan fingerprint density at radius 3 is 2.27 bits per heavy atom. The summed E-state index contributed by atoms with van der Waals surface area (Å²) in [6.07, 6.45) is 3.24. The molecule has 0 aliphatic heterocycles. The second-order valence-corrected chi connectivity index (χ2v) is 12.2. The van der Waals surface area contributed by atoms with Gasteiger partial charge in [-0.05, 0) is 43.0 Å². The number of nitrogens with one attached hydrogen (secondary N) is 1. The number of nitrogens with zero attached hydrogens (tertiary/aromatic N) is 2. The van der Waals surface area contributed by atoms with Crippen molar-refractivity contribution in [1.29, 1.82) is 0 Å². The van der Waals surface area contributed by atoms with Crippen LogP contribution in [0.5, 0.6) is 0 Å². The van der Waals surface area contributed by atoms with E-state index >= 15 is 0 Å². The van der Waals surface area contributed by atoms with Crippen molar-refractivity contribution >= 4 is 27.5 Å². The average Bonchev–Trinajstić information content (AvgIpc) is 2.93. The van der Waals surface area contributed by atoms with Crippen molar-refractivity contribution in [3.8, 4) is 0 Å². The van der Waals surface area contributed by atoms with Crippen molar-refractivity contribution in [3.05, 3.63) is 101 Å². The predicted molar refractivity (Wildman–Crippen MR) is 161 cm³/mol. The minimum atomic E-state index is -3.79. The Balaban J connectivity index is 1.88. The van der Waals surface area contributed by atoms with E-state index in [-0.39, 0.29) is 43.4 Å². The van der Waals surface area contributed by atoms with Gasteiger partial charge < -0.3 is 10.2 Å². The predicted octanol–water partition coefficient (Wildman–Crippen LogP) is 5.24. The van der Waals surface area contributed by atoms with Crippen LogP contribution in [0.1, 0.15) is 49.3 Å². The van der Waals surface area contributed by atoms with Crippen LogP contribution in [0.15, 0.2) is 78.9 Å². The van der Waals surface area contributed by atoms with Gasteiger partial charge in [-0.25, -0.2) is 12.8 Å². The minimum Gasteiger partial charge on any atom is -0.354 e. The molecule has 0 aliphatic carbocycles. The quantitative estimate of drug-likeness (QED) is 0.249. The minimum absolute atomic E-state index is 0.0141. The molecule has 9 heteroatoms. The lowest BCUT2D eigenvalue weighted by molar-refractivity contribution is -0.141. The van der Waals surface area contributed by atoms with Crippen molar-refractivity contribution < 1.29 is 22.4 Å². The first kappa shape index (κ1) is 31.8. The molecule has 0 radical (unpaired) electrons. The molecule has 1 unspecified atom stereocenters. The van der Waals surface area contributed by atoms with E-state index in [4.69, 9.17) is 0 Å². The summed E-state index contributed by atoms with van der Waals surface area (Å²) in [5, 5.41) is 3.00. The van der Waals surface area contributed by atoms with E-state index in [0.717, 1.165) is 40.1 Å². The number of aryl methyl sites for hydroxylation is 1. The third-order valence-corrected chi connectivity index (χ3v) is 7.99. The van der Waals surface area contributed by atoms with Crippen LogP contribution in [0.3, 0.4) is 0 Å². The normalized spacial score (nSPS) is 12.0. The molecule has 0 heterocycles. The molecule has 1 N–H and O–H groups in total. The lowest BCUT2D eigenvalue weighted by Gasteiger charge is -2.32. The molecule has 0 aliphatic rings. The fourth-order valence-electron chi connectivity index (χ4n) is 4.70. The van der Waals surface area contributed by atoms with E-state index in [1.165, 1.54) is 18.2 Å². The number of hydrogen-bond donors (Lipinski definition) is 1. The van der Waals surface area contributed by atoms with E-state index in [0.29, 0.717) is 13.0 Å². The van der Waals surface area contributed by atoms with E-state index in [2.05, 4.69) is 5.32 Å². The maximum atomic E-state index is 14.5. The van der Waals surface area contributed by atoms with Gasteiger partial charge in [0.1, 0.15) is 11.9 Å². The number of benzene rings is 3. The molecule has 0 aromatic heterocycles. The van der Waals surface area contributed by atoms with E-state index in [1.54, 1.807) is 11.0 Å². The number of amides is 2. The van der Waals surface area contributed by atoms with Gasteiger partial charge in [0.25, 0.3) is 0 Å². The molecule has 220 valence electrons. The van der Waals surface area contributed by atoms with Gasteiger partial charge in [-0.1, -0.05) is 85.6 Å². The molecule has 0 saturated carbocycles. The van der Waals surface area contributed by atoms with Crippen LogP contribution in [0.25, 0.3) is 0 Å². The summed E-state index contributed by atoms with van der Waals surface area (Å²) in [6, 6.07) is 22.2. The summed E-state index contributed by atoms with van der Waals surface area (Å²) in [5.41, 5.74) is 2.79. The second kappa shape index (κ2) is 15.3. The lowest BCUT2D eigenvalue weighted by atomic mass is 10.0. The maximum absolute atomic E-state index is 14.5. The highest BCUT2D eigenvalue weighted by Crippen LogP contribution is 2.23. The number of para-hydroxylation sites is 1. The highest BCUT2D eigenvalue weighted by atomic mass is 32.2. The topological polar surface area (TPSA) is 86.8 Å². The highest BCUT2D eigenvalue weighted by molar-refractivity contribution is 7.92. The summed E-state index contributed by atoms with van der Waals surface area (Å²) < 4.78 is 40.5. The Morgan fingerprint density at radius 1 is 0.927 bits per heavy atom. The molecule has 7 nitrogen and oxygen atoms in total. The third kappa shape index (κ3) is 9.70. The Labute approximate surface area is 243 Å². The summed E-state index contributed by atoms with van der Waals surface area (Å²) in [7, 11) is -3.79. The number of carbonyl (C=O) groups is 2. The van der Waals surface area contributed by atoms with Crippen LogP contribution in [-0.2, 0) is 32.6 Å². The van der Waals surface area contributed by atoms with Gasteiger partial charge in [0.05, 0.1) is 11.9 Å². The fourth-order valence-corrected chi connectivity index (χ4v) is 5.67. The zero-order valence-corrected chi connectivity index (χ0v) is 24.9. The molecular formula is C32H40FN3O4S. The first-order valence-electron chi connectivity index (χ1n) is 14.0. The number of sulfonamides is 1. The Hall–Kier alpha value is -3.72. The first-order valence-corrected chi connectivity index (χ1v) is 15.8. The second-order valence-electron chi connectivity index (χ2n) is 10.3. The van der Waals surface area contributed by atoms with Crippen molar-refractivity contribution in [1.82, 2.24) is 10.2 Å². The molecule has 0 spiro atoms. The fraction of sp³-hybridized carbons (Fsp3) is 0.375. The number of hydrogen-bond acceptors (Lipinski definition) is 4. The van der Waals surface area contributed by atoms with Crippen molar-refractivity contribution in [2.45, 2.75) is 58.5 Å². The van der Waals surface area contributed by atoms with Gasteiger partial charge in [-0.2, -0.15) is 0 Å². The van der Waals surface area contributed by atoms with E-state index in [1.807, 2.05) is 68.4 Å². The number of rotatable bonds is 15.